The molecule has 2 rings (SSSR count). The highest BCUT2D eigenvalue weighted by atomic mass is 32.1. The molecule has 1 aliphatic rings. The molecule has 0 unspecified atom stereocenters. The first-order chi connectivity index (χ1) is 10.2. The van der Waals surface area contributed by atoms with Crippen LogP contribution in [0.4, 0.5) is 5.00 Å². The van der Waals surface area contributed by atoms with Gasteiger partial charge in [0.25, 0.3) is 0 Å². The summed E-state index contributed by atoms with van der Waals surface area (Å²) in [5.74, 6) is -0.378. The summed E-state index contributed by atoms with van der Waals surface area (Å²) in [6.07, 6.45) is 19.2. The molecule has 0 saturated heterocycles. The lowest BCUT2D eigenvalue weighted by molar-refractivity contribution is 0.0527. The van der Waals surface area contributed by atoms with Crippen LogP contribution in [-0.4, -0.2) is 12.6 Å². The van der Waals surface area contributed by atoms with Crippen molar-refractivity contribution in [1.82, 2.24) is 0 Å². The molecule has 0 amide bonds. The van der Waals surface area contributed by atoms with E-state index in [9.17, 15) is 4.79 Å². The van der Waals surface area contributed by atoms with E-state index in [4.69, 9.17) is 10.5 Å². The lowest BCUT2D eigenvalue weighted by Gasteiger charge is -2.00. The fourth-order valence-electron chi connectivity index (χ4n) is 1.86. The van der Waals surface area contributed by atoms with Gasteiger partial charge in [0.2, 0.25) is 0 Å². The van der Waals surface area contributed by atoms with Crippen LogP contribution in [0.2, 0.25) is 0 Å². The van der Waals surface area contributed by atoms with E-state index in [1.165, 1.54) is 11.3 Å². The first-order valence-electron chi connectivity index (χ1n) is 6.68. The Balaban J connectivity index is 2.65. The van der Waals surface area contributed by atoms with Gasteiger partial charge < -0.3 is 10.5 Å². The van der Waals surface area contributed by atoms with Crippen molar-refractivity contribution in [2.45, 2.75) is 6.92 Å². The monoisotopic (exact) mass is 299 g/mol. The van der Waals surface area contributed by atoms with E-state index in [2.05, 4.69) is 0 Å². The average Bonchev–Trinajstić information content (AvgIpc) is 2.75. The molecule has 4 heteroatoms. The molecular weight excluding hydrogens is 282 g/mol. The largest absolute Gasteiger partial charge is 0.462 e. The minimum atomic E-state index is -0.378. The van der Waals surface area contributed by atoms with Gasteiger partial charge in [-0.15, -0.1) is 11.3 Å². The van der Waals surface area contributed by atoms with Gasteiger partial charge in [-0.1, -0.05) is 54.7 Å². The van der Waals surface area contributed by atoms with Gasteiger partial charge in [0.1, 0.15) is 10.6 Å². The fraction of sp³-hybridized carbons (Fsp3) is 0.118. The Kier molecular flexibility index (Phi) is 5.35. The maximum Gasteiger partial charge on any atom is 0.341 e. The van der Waals surface area contributed by atoms with Crippen molar-refractivity contribution < 1.29 is 9.53 Å². The number of hydrogen-bond acceptors (Lipinski definition) is 4. The molecule has 3 nitrogen and oxygen atoms in total. The third kappa shape index (κ3) is 3.83. The number of fused-ring (bicyclic) bond motifs is 1. The molecule has 0 spiro atoms. The van der Waals surface area contributed by atoms with E-state index >= 15 is 0 Å². The summed E-state index contributed by atoms with van der Waals surface area (Å²) < 4.78 is 6.03. The number of esters is 1. The summed E-state index contributed by atoms with van der Waals surface area (Å²) in [6.45, 7) is 2.11. The summed E-state index contributed by atoms with van der Waals surface area (Å²) in [5.41, 5.74) is 6.44. The van der Waals surface area contributed by atoms with Crippen molar-refractivity contribution in [3.63, 3.8) is 0 Å². The molecule has 1 aliphatic carbocycles. The van der Waals surface area contributed by atoms with Crippen LogP contribution in [-0.2, 0) is 4.74 Å². The highest BCUT2D eigenvalue weighted by Crippen LogP contribution is 2.12. The number of ether oxygens (including phenoxy) is 1. The van der Waals surface area contributed by atoms with Gasteiger partial charge in [0.15, 0.2) is 0 Å². The Morgan fingerprint density at radius 1 is 1.05 bits per heavy atom. The molecule has 21 heavy (non-hydrogen) atoms. The molecule has 0 atom stereocenters. The predicted molar refractivity (Wildman–Crippen MR) is 89.4 cm³/mol. The first kappa shape index (κ1) is 15.1. The molecule has 0 aromatic carbocycles. The molecular formula is C17H17NO2S. The maximum atomic E-state index is 12.1. The van der Waals surface area contributed by atoms with Crippen LogP contribution in [0.5, 0.6) is 0 Å². The number of hydrogen-bond donors (Lipinski definition) is 1. The second-order valence-corrected chi connectivity index (χ2v) is 5.30. The van der Waals surface area contributed by atoms with Crippen molar-refractivity contribution in [2.24, 2.45) is 0 Å². The molecule has 0 bridgehead atoms. The third-order valence-corrected chi connectivity index (χ3v) is 3.77. The number of carbonyl (C=O) groups is 1. The zero-order valence-electron chi connectivity index (χ0n) is 11.8. The summed E-state index contributed by atoms with van der Waals surface area (Å²) >= 11 is 1.38. The van der Waals surface area contributed by atoms with Crippen LogP contribution in [0.3, 0.4) is 0 Å². The third-order valence-electron chi connectivity index (χ3n) is 2.77. The van der Waals surface area contributed by atoms with Gasteiger partial charge in [-0.05, 0) is 13.0 Å². The Hall–Kier alpha value is -2.33. The van der Waals surface area contributed by atoms with E-state index in [-0.39, 0.29) is 5.97 Å². The van der Waals surface area contributed by atoms with E-state index < -0.39 is 0 Å². The minimum absolute atomic E-state index is 0.329. The standard InChI is InChI=1S/C17H17NO2S/c1-2-20-17(19)15-13-11-9-7-5-3-4-6-8-10-12-14(13)21-16(15)18/h3-12H,2,18H2,1H3. The molecule has 0 aliphatic heterocycles. The Labute approximate surface area is 127 Å². The first-order valence-corrected chi connectivity index (χ1v) is 7.49. The molecule has 1 heterocycles. The number of rotatable bonds is 2. The molecule has 1 aromatic rings. The van der Waals surface area contributed by atoms with Crippen molar-refractivity contribution in [2.75, 3.05) is 12.3 Å². The summed E-state index contributed by atoms with van der Waals surface area (Å²) in [5, 5.41) is 1.28. The van der Waals surface area contributed by atoms with Crippen molar-refractivity contribution in [3.05, 3.63) is 63.9 Å². The van der Waals surface area contributed by atoms with Crippen molar-refractivity contribution >= 4 is 34.5 Å². The second kappa shape index (κ2) is 7.45. The molecule has 0 radical (unpaired) electrons. The van der Waals surface area contributed by atoms with E-state index in [1.807, 2.05) is 60.8 Å². The van der Waals surface area contributed by atoms with Gasteiger partial charge in [-0.3, -0.25) is 0 Å². The minimum Gasteiger partial charge on any atom is -0.462 e. The number of allylic oxidation sites excluding steroid dienone is 8. The van der Waals surface area contributed by atoms with Crippen LogP contribution < -0.4 is 15.5 Å². The topological polar surface area (TPSA) is 52.3 Å². The van der Waals surface area contributed by atoms with Gasteiger partial charge in [0, 0.05) is 9.75 Å². The number of carbonyl (C=O) groups excluding carboxylic acids is 1. The molecule has 0 saturated carbocycles. The average molecular weight is 299 g/mol. The highest BCUT2D eigenvalue weighted by molar-refractivity contribution is 7.14. The Morgan fingerprint density at radius 2 is 1.62 bits per heavy atom. The van der Waals surface area contributed by atoms with Gasteiger partial charge in [-0.25, -0.2) is 4.79 Å². The molecule has 108 valence electrons. The summed E-state index contributed by atoms with van der Waals surface area (Å²) in [6, 6.07) is 0. The fourth-order valence-corrected chi connectivity index (χ4v) is 2.82. The van der Waals surface area contributed by atoms with Crippen LogP contribution in [0.25, 0.3) is 12.2 Å². The molecule has 0 fully saturated rings. The predicted octanol–water partition coefficient (Wildman–Crippen LogP) is 2.31. The molecule has 2 N–H and O–H groups in total. The van der Waals surface area contributed by atoms with Crippen LogP contribution in [0.1, 0.15) is 17.3 Å². The quantitative estimate of drug-likeness (QED) is 0.853. The SMILES string of the molecule is CCOC(=O)c1c(N)sc2c1=CC=CC=CC=CC=CC=2. The highest BCUT2D eigenvalue weighted by Gasteiger charge is 2.15. The maximum absolute atomic E-state index is 12.1. The summed E-state index contributed by atoms with van der Waals surface area (Å²) in [4.78, 5) is 12.1. The normalized spacial score (nSPS) is 13.6. The number of nitrogen functional groups attached to an aromatic ring is 1. The zero-order chi connectivity index (χ0) is 15.1. The lowest BCUT2D eigenvalue weighted by Crippen LogP contribution is -2.25. The molecule has 1 aromatic heterocycles. The van der Waals surface area contributed by atoms with Crippen molar-refractivity contribution in [1.29, 1.82) is 0 Å². The number of thiophene rings is 1. The Morgan fingerprint density at radius 3 is 2.24 bits per heavy atom. The summed E-state index contributed by atoms with van der Waals surface area (Å²) in [7, 11) is 0. The van der Waals surface area contributed by atoms with E-state index in [0.29, 0.717) is 17.2 Å². The van der Waals surface area contributed by atoms with E-state index in [1.54, 1.807) is 6.92 Å². The van der Waals surface area contributed by atoms with Gasteiger partial charge in [-0.2, -0.15) is 0 Å². The van der Waals surface area contributed by atoms with Crippen LogP contribution >= 0.6 is 11.3 Å². The van der Waals surface area contributed by atoms with Crippen LogP contribution in [0, 0.1) is 0 Å². The van der Waals surface area contributed by atoms with Gasteiger partial charge in [0.05, 0.1) is 6.61 Å². The zero-order valence-corrected chi connectivity index (χ0v) is 12.6. The number of anilines is 1. The second-order valence-electron chi connectivity index (χ2n) is 4.21. The van der Waals surface area contributed by atoms with Crippen molar-refractivity contribution in [3.8, 4) is 0 Å². The Bertz CT molecular complexity index is 748. The lowest BCUT2D eigenvalue weighted by atomic mass is 10.2. The number of nitrogens with two attached hydrogens (primary N) is 1. The van der Waals surface area contributed by atoms with Crippen LogP contribution in [0.15, 0.2) is 48.6 Å². The van der Waals surface area contributed by atoms with E-state index in [0.717, 1.165) is 9.75 Å². The van der Waals surface area contributed by atoms with Gasteiger partial charge >= 0.3 is 5.97 Å². The smallest absolute Gasteiger partial charge is 0.341 e.